The summed E-state index contributed by atoms with van der Waals surface area (Å²) in [5.74, 6) is -0.420. The second-order valence-electron chi connectivity index (χ2n) is 5.95. The third kappa shape index (κ3) is 4.29. The van der Waals surface area contributed by atoms with Crippen LogP contribution in [-0.4, -0.2) is 53.1 Å². The molecule has 1 aromatic carbocycles. The van der Waals surface area contributed by atoms with E-state index in [-0.39, 0.29) is 13.2 Å². The highest BCUT2D eigenvalue weighted by Gasteiger charge is 2.33. The quantitative estimate of drug-likeness (QED) is 0.582. The van der Waals surface area contributed by atoms with Crippen LogP contribution < -0.4 is 9.80 Å². The lowest BCUT2D eigenvalue weighted by Gasteiger charge is -2.26. The molecule has 0 aromatic heterocycles. The first-order valence-corrected chi connectivity index (χ1v) is 9.67. The van der Waals surface area contributed by atoms with Gasteiger partial charge in [0.2, 0.25) is 0 Å². The molecule has 0 spiro atoms. The Morgan fingerprint density at radius 2 is 2.16 bits per heavy atom. The number of hydrogen-bond acceptors (Lipinski definition) is 6. The van der Waals surface area contributed by atoms with Crippen molar-refractivity contribution in [2.24, 2.45) is 0 Å². The minimum absolute atomic E-state index is 0.0968. The van der Waals surface area contributed by atoms with Gasteiger partial charge in [-0.2, -0.15) is 8.42 Å². The first kappa shape index (κ1) is 17.7. The summed E-state index contributed by atoms with van der Waals surface area (Å²) in [4.78, 5) is 15.1. The lowest BCUT2D eigenvalue weighted by atomic mass is 10.2. The Morgan fingerprint density at radius 3 is 2.80 bits per heavy atom. The van der Waals surface area contributed by atoms with Crippen LogP contribution in [0.1, 0.15) is 6.42 Å². The van der Waals surface area contributed by atoms with Crippen molar-refractivity contribution < 1.29 is 26.5 Å². The largest absolute Gasteiger partial charge is 0.441 e. The Balaban J connectivity index is 1.70. The van der Waals surface area contributed by atoms with Crippen molar-refractivity contribution in [2.45, 2.75) is 12.5 Å². The van der Waals surface area contributed by atoms with Crippen molar-refractivity contribution in [3.05, 3.63) is 36.2 Å². The number of rotatable bonds is 5. The predicted octanol–water partition coefficient (Wildman–Crippen LogP) is 1.89. The first-order valence-electron chi connectivity index (χ1n) is 7.85. The van der Waals surface area contributed by atoms with Gasteiger partial charge in [0.05, 0.1) is 24.2 Å². The molecule has 136 valence electrons. The fraction of sp³-hybridized carbons (Fsp3) is 0.438. The molecule has 1 atom stereocenters. The SMILES string of the molecule is CS(=O)(=O)OC[C@H]1CN(c2ccc(N3CC=CCC3)c(F)c2)C(=O)O1. The molecule has 0 bridgehead atoms. The highest BCUT2D eigenvalue weighted by Crippen LogP contribution is 2.28. The van der Waals surface area contributed by atoms with Crippen LogP contribution in [0, 0.1) is 5.82 Å². The fourth-order valence-corrected chi connectivity index (χ4v) is 3.20. The minimum atomic E-state index is -3.62. The van der Waals surface area contributed by atoms with Gasteiger partial charge in [0.1, 0.15) is 18.5 Å². The molecule has 1 saturated heterocycles. The van der Waals surface area contributed by atoms with Gasteiger partial charge in [-0.05, 0) is 24.6 Å². The smallest absolute Gasteiger partial charge is 0.414 e. The highest BCUT2D eigenvalue weighted by molar-refractivity contribution is 7.85. The Bertz CT molecular complexity index is 796. The Kier molecular flexibility index (Phi) is 4.96. The number of anilines is 2. The van der Waals surface area contributed by atoms with Crippen LogP contribution in [0.3, 0.4) is 0 Å². The van der Waals surface area contributed by atoms with Crippen molar-refractivity contribution in [3.63, 3.8) is 0 Å². The molecule has 0 unspecified atom stereocenters. The molecule has 2 heterocycles. The van der Waals surface area contributed by atoms with Crippen molar-refractivity contribution in [2.75, 3.05) is 42.3 Å². The van der Waals surface area contributed by atoms with Crippen LogP contribution in [0.15, 0.2) is 30.4 Å². The van der Waals surface area contributed by atoms with Gasteiger partial charge < -0.3 is 9.64 Å². The molecule has 3 rings (SSSR count). The molecule has 0 radical (unpaired) electrons. The normalized spacial score (nSPS) is 20.9. The minimum Gasteiger partial charge on any atom is -0.441 e. The van der Waals surface area contributed by atoms with Crippen LogP contribution in [0.2, 0.25) is 0 Å². The van der Waals surface area contributed by atoms with Gasteiger partial charge in [-0.3, -0.25) is 9.08 Å². The maximum absolute atomic E-state index is 14.5. The average Bonchev–Trinajstić information content (AvgIpc) is 2.94. The standard InChI is InChI=1S/C16H19FN2O5S/c1-25(21,22)23-11-13-10-19(16(20)24-13)12-5-6-15(14(17)9-12)18-7-3-2-4-8-18/h2-3,5-6,9,13H,4,7-8,10-11H2,1H3/t13-/m1/s1. The Hall–Kier alpha value is -2.13. The maximum Gasteiger partial charge on any atom is 0.414 e. The van der Waals surface area contributed by atoms with Crippen molar-refractivity contribution in [3.8, 4) is 0 Å². The monoisotopic (exact) mass is 370 g/mol. The molecular weight excluding hydrogens is 351 g/mol. The number of amides is 1. The molecule has 0 saturated carbocycles. The first-order chi connectivity index (χ1) is 11.8. The van der Waals surface area contributed by atoms with Gasteiger partial charge in [-0.15, -0.1) is 0 Å². The van der Waals surface area contributed by atoms with E-state index in [2.05, 4.69) is 10.3 Å². The van der Waals surface area contributed by atoms with Gasteiger partial charge in [-0.1, -0.05) is 12.2 Å². The second kappa shape index (κ2) is 7.01. The molecule has 2 aliphatic heterocycles. The van der Waals surface area contributed by atoms with E-state index in [0.29, 0.717) is 17.9 Å². The zero-order valence-electron chi connectivity index (χ0n) is 13.7. The van der Waals surface area contributed by atoms with Crippen LogP contribution in [-0.2, 0) is 19.0 Å². The topological polar surface area (TPSA) is 76.2 Å². The molecule has 7 nitrogen and oxygen atoms in total. The number of benzene rings is 1. The summed E-state index contributed by atoms with van der Waals surface area (Å²) in [6.45, 7) is 1.22. The number of halogens is 1. The number of carbonyl (C=O) groups excluding carboxylic acids is 1. The summed E-state index contributed by atoms with van der Waals surface area (Å²) in [7, 11) is -3.62. The van der Waals surface area contributed by atoms with Crippen LogP contribution >= 0.6 is 0 Å². The molecule has 1 aromatic rings. The van der Waals surface area contributed by atoms with E-state index >= 15 is 0 Å². The molecule has 9 heteroatoms. The third-order valence-electron chi connectivity index (χ3n) is 3.98. The van der Waals surface area contributed by atoms with E-state index in [9.17, 15) is 17.6 Å². The van der Waals surface area contributed by atoms with Gasteiger partial charge >= 0.3 is 6.09 Å². The van der Waals surface area contributed by atoms with Gasteiger partial charge in [0.25, 0.3) is 10.1 Å². The van der Waals surface area contributed by atoms with E-state index in [0.717, 1.165) is 19.2 Å². The van der Waals surface area contributed by atoms with E-state index in [1.165, 1.54) is 11.0 Å². The summed E-state index contributed by atoms with van der Waals surface area (Å²) in [6, 6.07) is 4.57. The third-order valence-corrected chi connectivity index (χ3v) is 4.55. The molecule has 0 aliphatic carbocycles. The van der Waals surface area contributed by atoms with Crippen LogP contribution in [0.5, 0.6) is 0 Å². The summed E-state index contributed by atoms with van der Waals surface area (Å²) in [6.07, 6.45) is 4.45. The van der Waals surface area contributed by atoms with Crippen molar-refractivity contribution >= 4 is 27.6 Å². The zero-order valence-corrected chi connectivity index (χ0v) is 14.5. The fourth-order valence-electron chi connectivity index (χ4n) is 2.80. The number of carbonyl (C=O) groups is 1. The van der Waals surface area contributed by atoms with E-state index in [1.807, 2.05) is 11.0 Å². The van der Waals surface area contributed by atoms with Gasteiger partial charge in [-0.25, -0.2) is 9.18 Å². The summed E-state index contributed by atoms with van der Waals surface area (Å²) in [5, 5.41) is 0. The second-order valence-corrected chi connectivity index (χ2v) is 7.59. The van der Waals surface area contributed by atoms with E-state index in [4.69, 9.17) is 4.74 Å². The molecule has 0 N–H and O–H groups in total. The molecule has 2 aliphatic rings. The summed E-state index contributed by atoms with van der Waals surface area (Å²) >= 11 is 0. The van der Waals surface area contributed by atoms with Crippen molar-refractivity contribution in [1.82, 2.24) is 0 Å². The number of cyclic esters (lactones) is 1. The number of nitrogens with zero attached hydrogens (tertiary/aromatic N) is 2. The zero-order chi connectivity index (χ0) is 18.0. The predicted molar refractivity (Wildman–Crippen MR) is 90.8 cm³/mol. The van der Waals surface area contributed by atoms with Gasteiger partial charge in [0.15, 0.2) is 0 Å². The van der Waals surface area contributed by atoms with E-state index < -0.39 is 28.1 Å². The van der Waals surface area contributed by atoms with Crippen LogP contribution in [0.4, 0.5) is 20.6 Å². The Labute approximate surface area is 145 Å². The maximum atomic E-state index is 14.5. The van der Waals surface area contributed by atoms with Crippen LogP contribution in [0.25, 0.3) is 0 Å². The lowest BCUT2D eigenvalue weighted by Crippen LogP contribution is -2.29. The Morgan fingerprint density at radius 1 is 1.36 bits per heavy atom. The lowest BCUT2D eigenvalue weighted by molar-refractivity contribution is 0.107. The number of hydrogen-bond donors (Lipinski definition) is 0. The average molecular weight is 370 g/mol. The van der Waals surface area contributed by atoms with Crippen molar-refractivity contribution in [1.29, 1.82) is 0 Å². The molecule has 1 fully saturated rings. The summed E-state index contributed by atoms with van der Waals surface area (Å²) in [5.41, 5.74) is 0.846. The number of ether oxygens (including phenoxy) is 1. The van der Waals surface area contributed by atoms with Gasteiger partial charge in [0, 0.05) is 13.1 Å². The molecular formula is C16H19FN2O5S. The summed E-state index contributed by atoms with van der Waals surface area (Å²) < 4.78 is 46.2. The van der Waals surface area contributed by atoms with E-state index in [1.54, 1.807) is 12.1 Å². The molecule has 1 amide bonds. The highest BCUT2D eigenvalue weighted by atomic mass is 32.2. The molecule has 25 heavy (non-hydrogen) atoms.